The zero-order chi connectivity index (χ0) is 48.6. The highest BCUT2D eigenvalue weighted by Gasteiger charge is 2.70. The molecule has 1 unspecified atom stereocenters. The third kappa shape index (κ3) is 9.61. The van der Waals surface area contributed by atoms with Crippen molar-refractivity contribution in [3.63, 3.8) is 0 Å². The van der Waals surface area contributed by atoms with Crippen molar-refractivity contribution in [1.29, 1.82) is 0 Å². The predicted octanol–water partition coefficient (Wildman–Crippen LogP) is 11.5. The fourth-order valence-corrected chi connectivity index (χ4v) is 16.3. The Morgan fingerprint density at radius 2 is 1.43 bits per heavy atom. The second-order valence-corrected chi connectivity index (χ2v) is 24.8. The van der Waals surface area contributed by atoms with Crippen molar-refractivity contribution in [2.75, 3.05) is 31.6 Å². The van der Waals surface area contributed by atoms with Crippen LogP contribution in [0.25, 0.3) is 0 Å². The number of nitrogens with one attached hydrogen (secondary N) is 3. The lowest BCUT2D eigenvalue weighted by molar-refractivity contribution is -0.210. The number of fused-ring (bicyclic) bond motifs is 7. The first kappa shape index (κ1) is 51.1. The smallest absolute Gasteiger partial charge is 0.357 e. The highest BCUT2D eigenvalue weighted by atomic mass is 31.2. The van der Waals surface area contributed by atoms with Gasteiger partial charge in [0.2, 0.25) is 11.8 Å². The predicted molar refractivity (Wildman–Crippen MR) is 264 cm³/mol. The number of rotatable bonds is 17. The van der Waals surface area contributed by atoms with Crippen molar-refractivity contribution in [3.8, 4) is 0 Å². The molecule has 5 aliphatic carbocycles. The second kappa shape index (κ2) is 19.5. The molecule has 0 aromatic heterocycles. The molecule has 368 valence electrons. The van der Waals surface area contributed by atoms with Crippen molar-refractivity contribution in [2.45, 2.75) is 158 Å². The molecule has 5 aliphatic rings. The summed E-state index contributed by atoms with van der Waals surface area (Å²) in [7, 11) is -3.54. The molecule has 67 heavy (non-hydrogen) atoms. The number of esters is 1. The largest absolute Gasteiger partial charge is 0.462 e. The van der Waals surface area contributed by atoms with E-state index in [1.54, 1.807) is 13.8 Å². The van der Waals surface area contributed by atoms with Crippen molar-refractivity contribution >= 4 is 36.9 Å². The van der Waals surface area contributed by atoms with Gasteiger partial charge in [0.1, 0.15) is 6.10 Å². The molecule has 0 aliphatic heterocycles. The number of carbonyl (C=O) groups excluding carboxylic acids is 4. The third-order valence-corrected chi connectivity index (χ3v) is 20.5. The van der Waals surface area contributed by atoms with E-state index in [1.807, 2.05) is 54.6 Å². The number of anilines is 1. The van der Waals surface area contributed by atoms with Crippen LogP contribution >= 0.6 is 7.60 Å². The van der Waals surface area contributed by atoms with Gasteiger partial charge in [-0.05, 0) is 147 Å². The Hall–Kier alpha value is -3.79. The Bertz CT molecular complexity index is 2220. The van der Waals surface area contributed by atoms with E-state index in [-0.39, 0.29) is 94.1 Å². The van der Waals surface area contributed by atoms with Crippen LogP contribution in [0, 0.1) is 50.2 Å². The molecule has 4 fully saturated rings. The van der Waals surface area contributed by atoms with Gasteiger partial charge < -0.3 is 29.7 Å². The standard InChI is InChI=1S/C55H80N3O8P/c1-11-64-67(63,65-12-2)48(39-18-14-13-15-19-39)58-40-22-20-38(21-23-40)34-46(61)56-32-16-17-33-57-49(62)52(7)29-28-51(6)30-31-54(9)41(42(51)36-52)35-43(60)47-53(8)26-25-45(66-37(3)59)50(4,5)44(53)24-27-55(47,54)10/h13-15,18-23,35,42,44-45,47-48,58H,11-12,16-17,24-34,36H2,1-10H3,(H,56,61)(H,57,62)/t42-,44-,45-,47+,48?,51+,52-,53-,54+,55+/m0/s1. The number of ether oxygens (including phenoxy) is 1. The Kier molecular flexibility index (Phi) is 14.9. The molecular weight excluding hydrogens is 862 g/mol. The molecule has 2 amide bonds. The quantitative estimate of drug-likeness (QED) is 0.0800. The van der Waals surface area contributed by atoms with Gasteiger partial charge in [-0.3, -0.25) is 23.7 Å². The Balaban J connectivity index is 0.915. The summed E-state index contributed by atoms with van der Waals surface area (Å²) in [6.45, 7) is 22.9. The summed E-state index contributed by atoms with van der Waals surface area (Å²) in [4.78, 5) is 54.0. The molecule has 3 N–H and O–H groups in total. The molecular formula is C55H80N3O8P. The Morgan fingerprint density at radius 3 is 2.07 bits per heavy atom. The van der Waals surface area contributed by atoms with Crippen LogP contribution < -0.4 is 16.0 Å². The zero-order valence-corrected chi connectivity index (χ0v) is 43.1. The Labute approximate surface area is 401 Å². The van der Waals surface area contributed by atoms with Crippen molar-refractivity contribution < 1.29 is 37.5 Å². The summed E-state index contributed by atoms with van der Waals surface area (Å²) >= 11 is 0. The minimum atomic E-state index is -3.54. The first-order chi connectivity index (χ1) is 31.6. The maximum Gasteiger partial charge on any atom is 0.357 e. The van der Waals surface area contributed by atoms with E-state index in [4.69, 9.17) is 13.8 Å². The van der Waals surface area contributed by atoms with Crippen LogP contribution in [0.4, 0.5) is 5.69 Å². The first-order valence-electron chi connectivity index (χ1n) is 25.4. The summed E-state index contributed by atoms with van der Waals surface area (Å²) < 4.78 is 31.2. The van der Waals surface area contributed by atoms with Crippen LogP contribution in [0.5, 0.6) is 0 Å². The summed E-state index contributed by atoms with van der Waals surface area (Å²) in [5.74, 6) is -0.312. The maximum absolute atomic E-state index is 14.9. The summed E-state index contributed by atoms with van der Waals surface area (Å²) in [6, 6.07) is 17.0. The van der Waals surface area contributed by atoms with Crippen LogP contribution in [0.2, 0.25) is 0 Å². The molecule has 12 heteroatoms. The summed E-state index contributed by atoms with van der Waals surface area (Å²) in [6.07, 6.45) is 11.9. The number of carbonyl (C=O) groups is 4. The maximum atomic E-state index is 14.9. The lowest BCUT2D eigenvalue weighted by atomic mass is 9.33. The van der Waals surface area contributed by atoms with Crippen molar-refractivity contribution in [3.05, 3.63) is 77.4 Å². The van der Waals surface area contributed by atoms with E-state index >= 15 is 0 Å². The molecule has 0 saturated heterocycles. The topological polar surface area (TPSA) is 149 Å². The van der Waals surface area contributed by atoms with Crippen LogP contribution in [0.1, 0.15) is 157 Å². The zero-order valence-electron chi connectivity index (χ0n) is 42.2. The third-order valence-electron chi connectivity index (χ3n) is 18.3. The number of hydrogen-bond acceptors (Lipinski definition) is 9. The molecule has 11 nitrogen and oxygen atoms in total. The van der Waals surface area contributed by atoms with Gasteiger partial charge in [-0.15, -0.1) is 0 Å². The van der Waals surface area contributed by atoms with Gasteiger partial charge in [0, 0.05) is 42.4 Å². The highest BCUT2D eigenvalue weighted by Crippen LogP contribution is 2.75. The van der Waals surface area contributed by atoms with E-state index in [2.05, 4.69) is 70.5 Å². The minimum absolute atomic E-state index is 0.0432. The van der Waals surface area contributed by atoms with E-state index < -0.39 is 18.8 Å². The van der Waals surface area contributed by atoms with Gasteiger partial charge in [0.15, 0.2) is 11.6 Å². The van der Waals surface area contributed by atoms with E-state index in [9.17, 15) is 23.7 Å². The fraction of sp³-hybridized carbons (Fsp3) is 0.673. The first-order valence-corrected chi connectivity index (χ1v) is 27.0. The molecule has 10 atom stereocenters. The molecule has 7 rings (SSSR count). The van der Waals surface area contributed by atoms with Gasteiger partial charge >= 0.3 is 13.6 Å². The molecule has 0 radical (unpaired) electrons. The lowest BCUT2D eigenvalue weighted by Gasteiger charge is -2.70. The average molecular weight is 942 g/mol. The van der Waals surface area contributed by atoms with Crippen molar-refractivity contribution in [1.82, 2.24) is 10.6 Å². The van der Waals surface area contributed by atoms with E-state index in [0.717, 1.165) is 87.4 Å². The van der Waals surface area contributed by atoms with Gasteiger partial charge in [-0.2, -0.15) is 0 Å². The average Bonchev–Trinajstić information content (AvgIpc) is 3.27. The lowest BCUT2D eigenvalue weighted by Crippen LogP contribution is -2.66. The van der Waals surface area contributed by atoms with E-state index in [0.29, 0.717) is 13.1 Å². The van der Waals surface area contributed by atoms with Gasteiger partial charge in [0.25, 0.3) is 0 Å². The molecule has 0 spiro atoms. The van der Waals surface area contributed by atoms with E-state index in [1.165, 1.54) is 12.5 Å². The van der Waals surface area contributed by atoms with Gasteiger partial charge in [-0.25, -0.2) is 0 Å². The Morgan fingerprint density at radius 1 is 0.791 bits per heavy atom. The normalized spacial score (nSPS) is 33.6. The summed E-state index contributed by atoms with van der Waals surface area (Å²) in [5, 5.41) is 9.67. The van der Waals surface area contributed by atoms with Crippen LogP contribution in [0.3, 0.4) is 0 Å². The van der Waals surface area contributed by atoms with Gasteiger partial charge in [0.05, 0.1) is 19.6 Å². The minimum Gasteiger partial charge on any atom is -0.462 e. The number of allylic oxidation sites excluding steroid dienone is 2. The molecule has 4 saturated carbocycles. The summed E-state index contributed by atoms with van der Waals surface area (Å²) in [5.41, 5.74) is 2.41. The van der Waals surface area contributed by atoms with Crippen LogP contribution in [-0.2, 0) is 43.9 Å². The number of amides is 2. The van der Waals surface area contributed by atoms with Gasteiger partial charge in [-0.1, -0.05) is 96.5 Å². The second-order valence-electron chi connectivity index (χ2n) is 22.7. The SMILES string of the molecule is CCOP(=O)(OCC)C(Nc1ccc(CC(=O)NCCCCNC(=O)[C@@]2(C)CC[C@]3(C)CC[C@]4(C)C(=CC(=O)[C@@H]5[C@@]6(C)CC[C@H](OC(C)=O)C(C)(C)[C@@H]6CC[C@]54C)[C@@H]3C2)cc1)c1ccccc1. The molecule has 2 aromatic carbocycles. The number of hydrogen-bond donors (Lipinski definition) is 3. The van der Waals surface area contributed by atoms with Crippen LogP contribution in [-0.4, -0.2) is 56.0 Å². The number of ketones is 1. The molecule has 0 bridgehead atoms. The molecule has 2 aromatic rings. The van der Waals surface area contributed by atoms with Crippen molar-refractivity contribution in [2.24, 2.45) is 50.2 Å². The number of unbranched alkanes of at least 4 members (excludes halogenated alkanes) is 1. The highest BCUT2D eigenvalue weighted by molar-refractivity contribution is 7.54. The van der Waals surface area contributed by atoms with Crippen LogP contribution in [0.15, 0.2) is 66.2 Å². The molecule has 0 heterocycles. The monoisotopic (exact) mass is 942 g/mol. The fourth-order valence-electron chi connectivity index (χ4n) is 14.3. The number of benzene rings is 2.